The molecular formula is C31H52Cl2SiZr. The van der Waals surface area contributed by atoms with E-state index in [1.54, 1.807) is 33.4 Å². The van der Waals surface area contributed by atoms with Crippen LogP contribution in [0.1, 0.15) is 101 Å². The van der Waals surface area contributed by atoms with Gasteiger partial charge >= 0.3 is 212 Å². The second kappa shape index (κ2) is 11.9. The van der Waals surface area contributed by atoms with Gasteiger partial charge < -0.3 is 0 Å². The average molecular weight is 615 g/mol. The Labute approximate surface area is 235 Å². The van der Waals surface area contributed by atoms with Crippen LogP contribution in [0.3, 0.4) is 0 Å². The monoisotopic (exact) mass is 612 g/mol. The molecule has 0 unspecified atom stereocenters. The maximum Gasteiger partial charge on any atom is -0.147 e. The largest absolute Gasteiger partial charge is 0.147 e. The van der Waals surface area contributed by atoms with Crippen molar-refractivity contribution < 1.29 is 19.4 Å². The van der Waals surface area contributed by atoms with E-state index < -0.39 is 25.4 Å². The Morgan fingerprint density at radius 2 is 1.17 bits per heavy atom. The van der Waals surface area contributed by atoms with E-state index in [4.69, 9.17) is 0 Å². The first-order valence-electron chi connectivity index (χ1n) is 13.5. The van der Waals surface area contributed by atoms with Gasteiger partial charge in [0, 0.05) is 0 Å². The van der Waals surface area contributed by atoms with Crippen LogP contribution < -0.4 is 0 Å². The zero-order valence-corrected chi connectivity index (χ0v) is 29.9. The maximum absolute atomic E-state index is 3.22. The minimum atomic E-state index is -3.22. The van der Waals surface area contributed by atoms with Crippen LogP contribution in [0.15, 0.2) is 61.5 Å². The molecule has 0 nitrogen and oxygen atoms in total. The van der Waals surface area contributed by atoms with Crippen molar-refractivity contribution in [1.29, 1.82) is 0 Å². The van der Waals surface area contributed by atoms with Crippen LogP contribution in [0.4, 0.5) is 0 Å². The Balaban J connectivity index is 0.00000306. The Morgan fingerprint density at radius 3 is 1.46 bits per heavy atom. The molecule has 0 amide bonds. The van der Waals surface area contributed by atoms with Crippen molar-refractivity contribution in [2.24, 2.45) is 10.8 Å². The molecule has 0 bridgehead atoms. The predicted molar refractivity (Wildman–Crippen MR) is 163 cm³/mol. The third kappa shape index (κ3) is 4.86. The fourth-order valence-corrected chi connectivity index (χ4v) is 44.9. The van der Waals surface area contributed by atoms with Crippen molar-refractivity contribution in [1.82, 2.24) is 0 Å². The normalized spacial score (nSPS) is 21.3. The molecule has 0 aromatic heterocycles. The van der Waals surface area contributed by atoms with E-state index in [2.05, 4.69) is 101 Å². The van der Waals surface area contributed by atoms with Crippen molar-refractivity contribution >= 4 is 30.7 Å². The van der Waals surface area contributed by atoms with Gasteiger partial charge in [0.1, 0.15) is 0 Å². The van der Waals surface area contributed by atoms with E-state index in [0.29, 0.717) is 0 Å². The molecule has 3 rings (SSSR count). The molecule has 4 heteroatoms. The van der Waals surface area contributed by atoms with Crippen molar-refractivity contribution in [3.05, 3.63) is 61.5 Å². The molecule has 35 heavy (non-hydrogen) atoms. The minimum Gasteiger partial charge on any atom is -0.147 e. The predicted octanol–water partition coefficient (Wildman–Crippen LogP) is 10.7. The van der Waals surface area contributed by atoms with Gasteiger partial charge in [0.2, 0.25) is 0 Å². The van der Waals surface area contributed by atoms with E-state index in [9.17, 15) is 0 Å². The van der Waals surface area contributed by atoms with Crippen molar-refractivity contribution in [2.45, 2.75) is 114 Å². The number of hydrogen-bond donors (Lipinski definition) is 0. The average Bonchev–Trinajstić information content (AvgIpc) is 3.37. The fraction of sp³-hybridized carbons (Fsp3) is 0.613. The van der Waals surface area contributed by atoms with E-state index >= 15 is 0 Å². The summed E-state index contributed by atoms with van der Waals surface area (Å²) in [6.07, 6.45) is 13.7. The fourth-order valence-electron chi connectivity index (χ4n) is 7.62. The smallest absolute Gasteiger partial charge is 0.147 e. The first kappa shape index (κ1) is 33.1. The van der Waals surface area contributed by atoms with Crippen LogP contribution in [-0.4, -0.2) is 5.92 Å². The number of hydrogen-bond acceptors (Lipinski definition) is 0. The van der Waals surface area contributed by atoms with Gasteiger partial charge in [-0.25, -0.2) is 0 Å². The van der Waals surface area contributed by atoms with E-state index in [1.165, 1.54) is 32.1 Å². The third-order valence-corrected chi connectivity index (χ3v) is 41.6. The Bertz CT molecular complexity index is 966. The van der Waals surface area contributed by atoms with Crippen LogP contribution >= 0.6 is 24.8 Å². The standard InChI is InChI=1S/2C12H19.C5H5.C2H7Si.2ClH.Zr/c2*1-6-7-11-8-12(4,5)10(3)9(11)2;1-2-4-5-3-1;1-3-2;;;/h2*6-7H2,1-5H3;1-3H,4H2;3H,1-2H3;2*1H;. The summed E-state index contributed by atoms with van der Waals surface area (Å²) in [6.45, 7) is 30.4. The first-order valence-corrected chi connectivity index (χ1v) is 24.4. The Hall–Kier alpha value is 0.120. The molecule has 0 atom stereocenters. The molecule has 0 aromatic rings. The summed E-state index contributed by atoms with van der Waals surface area (Å²) in [6, 6.07) is 0. The topological polar surface area (TPSA) is 0 Å². The van der Waals surface area contributed by atoms with Gasteiger partial charge in [-0.05, 0) is 0 Å². The SMILES string of the molecule is CCCC1=[C]([Zr]([C]2=CC=CC2)([C]2=C(CCC)C(C)=C(C)C2(C)C)[SiH](C)C)C(C)(C)C(C)=C1C.Cl.Cl. The number of allylic oxidation sites excluding steroid dienone is 12. The molecule has 198 valence electrons. The summed E-state index contributed by atoms with van der Waals surface area (Å²) in [5, 5.41) is 0. The van der Waals surface area contributed by atoms with Gasteiger partial charge in [-0.15, -0.1) is 24.8 Å². The summed E-state index contributed by atoms with van der Waals surface area (Å²) in [4.78, 5) is 0. The van der Waals surface area contributed by atoms with Crippen LogP contribution in [0.2, 0.25) is 13.1 Å². The second-order valence-corrected chi connectivity index (χ2v) is 36.2. The molecule has 0 aliphatic heterocycles. The summed E-state index contributed by atoms with van der Waals surface area (Å²) in [5.74, 6) is -1.05. The van der Waals surface area contributed by atoms with E-state index in [-0.39, 0.29) is 35.6 Å². The third-order valence-electron chi connectivity index (χ3n) is 9.69. The van der Waals surface area contributed by atoms with Crippen molar-refractivity contribution in [3.8, 4) is 0 Å². The summed E-state index contributed by atoms with van der Waals surface area (Å²) < 4.78 is 5.87. The molecule has 0 fully saturated rings. The minimum absolute atomic E-state index is 0. The van der Waals surface area contributed by atoms with Crippen LogP contribution in [0, 0.1) is 10.8 Å². The van der Waals surface area contributed by atoms with Crippen LogP contribution in [0.25, 0.3) is 0 Å². The van der Waals surface area contributed by atoms with Gasteiger partial charge in [-0.1, -0.05) is 0 Å². The van der Waals surface area contributed by atoms with Crippen LogP contribution in [0.5, 0.6) is 0 Å². The van der Waals surface area contributed by atoms with Gasteiger partial charge in [-0.2, -0.15) is 0 Å². The van der Waals surface area contributed by atoms with E-state index in [0.717, 1.165) is 0 Å². The molecule has 0 radical (unpaired) electrons. The second-order valence-electron chi connectivity index (χ2n) is 12.2. The van der Waals surface area contributed by atoms with Crippen LogP contribution in [-0.2, 0) is 19.4 Å². The first-order chi connectivity index (χ1) is 15.3. The van der Waals surface area contributed by atoms with Crippen molar-refractivity contribution in [2.75, 3.05) is 0 Å². The summed E-state index contributed by atoms with van der Waals surface area (Å²) >= 11 is -3.22. The molecule has 0 heterocycles. The molecule has 0 aromatic carbocycles. The molecule has 0 saturated carbocycles. The molecule has 3 aliphatic carbocycles. The van der Waals surface area contributed by atoms with Gasteiger partial charge in [0.05, 0.1) is 0 Å². The molecule has 0 saturated heterocycles. The summed E-state index contributed by atoms with van der Waals surface area (Å²) in [7, 11) is 0. The summed E-state index contributed by atoms with van der Waals surface area (Å²) in [5.41, 5.74) is 10.5. The van der Waals surface area contributed by atoms with Crippen molar-refractivity contribution in [3.63, 3.8) is 0 Å². The zero-order chi connectivity index (χ0) is 24.9. The van der Waals surface area contributed by atoms with Gasteiger partial charge in [-0.3, -0.25) is 0 Å². The van der Waals surface area contributed by atoms with Gasteiger partial charge in [0.15, 0.2) is 0 Å². The quantitative estimate of drug-likeness (QED) is 0.239. The molecule has 0 spiro atoms. The molecule has 3 aliphatic rings. The molecular weight excluding hydrogens is 563 g/mol. The van der Waals surface area contributed by atoms with Gasteiger partial charge in [0.25, 0.3) is 0 Å². The maximum atomic E-state index is 2.74. The van der Waals surface area contributed by atoms with E-state index in [1.807, 2.05) is 9.84 Å². The zero-order valence-electron chi connectivity index (χ0n) is 24.7. The molecule has 0 N–H and O–H groups in total. The number of rotatable bonds is 8. The Kier molecular flexibility index (Phi) is 11.3. The number of halogens is 2. The Morgan fingerprint density at radius 1 is 0.771 bits per heavy atom.